The summed E-state index contributed by atoms with van der Waals surface area (Å²) in [6.07, 6.45) is 4.94. The molecule has 1 fully saturated rings. The van der Waals surface area contributed by atoms with E-state index in [2.05, 4.69) is 18.4 Å². The zero-order chi connectivity index (χ0) is 5.11. The van der Waals surface area contributed by atoms with Crippen molar-refractivity contribution in [3.8, 4) is 0 Å². The molecule has 1 saturated heterocycles. The second-order valence-electron chi connectivity index (χ2n) is 2.17. The molecule has 47 valence electrons. The molecule has 1 nitrogen and oxygen atoms in total. The number of piperidine rings is 1. The summed E-state index contributed by atoms with van der Waals surface area (Å²) in [5.41, 5.74) is 0. The molecule has 0 spiro atoms. The van der Waals surface area contributed by atoms with E-state index in [1.807, 2.05) is 0 Å². The summed E-state index contributed by atoms with van der Waals surface area (Å²) in [5.74, 6) is 0. The molecule has 0 saturated carbocycles. The van der Waals surface area contributed by atoms with Crippen molar-refractivity contribution in [2.75, 3.05) is 20.1 Å². The molecule has 0 aliphatic carbocycles. The third kappa shape index (κ3) is 2.76. The second kappa shape index (κ2) is 4.43. The van der Waals surface area contributed by atoms with Crippen LogP contribution in [0.5, 0.6) is 0 Å². The van der Waals surface area contributed by atoms with E-state index in [1.54, 1.807) is 0 Å². The van der Waals surface area contributed by atoms with E-state index < -0.39 is 0 Å². The number of nitrogens with zero attached hydrogens (tertiary/aromatic N) is 1. The van der Waals surface area contributed by atoms with Crippen LogP contribution >= 0.6 is 0 Å². The van der Waals surface area contributed by atoms with Gasteiger partial charge in [-0.3, -0.25) is 0 Å². The van der Waals surface area contributed by atoms with Gasteiger partial charge in [0.15, 0.2) is 0 Å². The van der Waals surface area contributed by atoms with E-state index in [9.17, 15) is 0 Å². The SMILES string of the molecule is CN1CC[CH-]CC1.[V]. The zero-order valence-corrected chi connectivity index (χ0v) is 6.70. The molecular weight excluding hydrogens is 137 g/mol. The largest absolute Gasteiger partial charge is 0.326 e. The number of hydrogen-bond donors (Lipinski definition) is 0. The molecule has 1 heterocycles. The molecule has 0 bridgehead atoms. The molecule has 1 rings (SSSR count). The second-order valence-corrected chi connectivity index (χ2v) is 2.17. The molecule has 1 radical (unpaired) electrons. The molecule has 1 aliphatic rings. The van der Waals surface area contributed by atoms with Crippen LogP contribution in [0.4, 0.5) is 0 Å². The summed E-state index contributed by atoms with van der Waals surface area (Å²) in [7, 11) is 2.17. The molecule has 1 aliphatic heterocycles. The predicted molar refractivity (Wildman–Crippen MR) is 31.0 cm³/mol. The first kappa shape index (κ1) is 8.54. The summed E-state index contributed by atoms with van der Waals surface area (Å²) in [6.45, 7) is 2.53. The van der Waals surface area contributed by atoms with Gasteiger partial charge >= 0.3 is 0 Å². The van der Waals surface area contributed by atoms with Crippen LogP contribution in [0.15, 0.2) is 0 Å². The van der Waals surface area contributed by atoms with Crippen molar-refractivity contribution < 1.29 is 18.6 Å². The van der Waals surface area contributed by atoms with Gasteiger partial charge in [0.25, 0.3) is 0 Å². The first-order chi connectivity index (χ1) is 3.39. The Morgan fingerprint density at radius 3 is 2.00 bits per heavy atom. The van der Waals surface area contributed by atoms with Crippen LogP contribution in [0.2, 0.25) is 0 Å². The Hall–Kier alpha value is 0.544. The minimum Gasteiger partial charge on any atom is -0.326 e. The topological polar surface area (TPSA) is 3.24 Å². The van der Waals surface area contributed by atoms with Gasteiger partial charge in [0.2, 0.25) is 0 Å². The molecule has 0 aromatic heterocycles. The van der Waals surface area contributed by atoms with Crippen LogP contribution in [0, 0.1) is 6.42 Å². The van der Waals surface area contributed by atoms with Gasteiger partial charge in [-0.2, -0.15) is 12.8 Å². The smallest absolute Gasteiger partial charge is 0 e. The molecule has 0 aromatic carbocycles. The van der Waals surface area contributed by atoms with E-state index >= 15 is 0 Å². The maximum Gasteiger partial charge on any atom is 0 e. The Morgan fingerprint density at radius 1 is 1.25 bits per heavy atom. The monoisotopic (exact) mass is 149 g/mol. The van der Waals surface area contributed by atoms with Gasteiger partial charge in [-0.05, 0) is 20.1 Å². The fourth-order valence-electron chi connectivity index (χ4n) is 0.879. The van der Waals surface area contributed by atoms with Gasteiger partial charge in [0.1, 0.15) is 0 Å². The van der Waals surface area contributed by atoms with Gasteiger partial charge in [-0.25, -0.2) is 0 Å². The van der Waals surface area contributed by atoms with Crippen molar-refractivity contribution in [1.29, 1.82) is 0 Å². The van der Waals surface area contributed by atoms with Crippen LogP contribution in [0.25, 0.3) is 0 Å². The molecule has 0 amide bonds. The van der Waals surface area contributed by atoms with Gasteiger partial charge in [0.05, 0.1) is 0 Å². The molecule has 0 unspecified atom stereocenters. The van der Waals surface area contributed by atoms with E-state index in [0.29, 0.717) is 0 Å². The molecular formula is C6H12NV-. The van der Waals surface area contributed by atoms with Crippen molar-refractivity contribution in [3.05, 3.63) is 6.42 Å². The third-order valence-corrected chi connectivity index (χ3v) is 1.43. The Balaban J connectivity index is 0.000000490. The minimum absolute atomic E-state index is 0. The number of likely N-dealkylation sites (tertiary alicyclic amines) is 1. The van der Waals surface area contributed by atoms with Crippen molar-refractivity contribution in [3.63, 3.8) is 0 Å². The first-order valence-electron chi connectivity index (χ1n) is 2.90. The van der Waals surface area contributed by atoms with Crippen LogP contribution in [-0.4, -0.2) is 25.0 Å². The average Bonchev–Trinajstić information content (AvgIpc) is 1.69. The van der Waals surface area contributed by atoms with Gasteiger partial charge in [-0.1, -0.05) is 0 Å². The average molecular weight is 149 g/mol. The first-order valence-corrected chi connectivity index (χ1v) is 2.90. The summed E-state index contributed by atoms with van der Waals surface area (Å²) in [5, 5.41) is 0. The Labute approximate surface area is 63.3 Å². The molecule has 0 atom stereocenters. The summed E-state index contributed by atoms with van der Waals surface area (Å²) in [4.78, 5) is 2.36. The maximum atomic E-state index is 2.36. The summed E-state index contributed by atoms with van der Waals surface area (Å²) in [6, 6.07) is 0. The van der Waals surface area contributed by atoms with Crippen molar-refractivity contribution in [2.45, 2.75) is 12.8 Å². The van der Waals surface area contributed by atoms with Crippen LogP contribution < -0.4 is 0 Å². The third-order valence-electron chi connectivity index (χ3n) is 1.43. The number of hydrogen-bond acceptors (Lipinski definition) is 1. The Bertz CT molecular complexity index is 50.5. The molecule has 0 N–H and O–H groups in total. The molecule has 0 aromatic rings. The Kier molecular flexibility index (Phi) is 4.73. The standard InChI is InChI=1S/C6H12N.V/c1-7-5-3-2-4-6-7;/h2H,3-6H2,1H3;/q-1;. The van der Waals surface area contributed by atoms with Gasteiger partial charge < -0.3 is 11.3 Å². The predicted octanol–water partition coefficient (Wildman–Crippen LogP) is 0.914. The Morgan fingerprint density at radius 2 is 1.75 bits per heavy atom. The fourth-order valence-corrected chi connectivity index (χ4v) is 0.879. The van der Waals surface area contributed by atoms with Crippen molar-refractivity contribution >= 4 is 0 Å². The minimum atomic E-state index is 0. The fraction of sp³-hybridized carbons (Fsp3) is 0.833. The van der Waals surface area contributed by atoms with Crippen molar-refractivity contribution in [2.24, 2.45) is 0 Å². The summed E-state index contributed by atoms with van der Waals surface area (Å²) < 4.78 is 0. The summed E-state index contributed by atoms with van der Waals surface area (Å²) >= 11 is 0. The van der Waals surface area contributed by atoms with Gasteiger partial charge in [-0.15, -0.1) is 0 Å². The van der Waals surface area contributed by atoms with Gasteiger partial charge in [0, 0.05) is 18.6 Å². The maximum absolute atomic E-state index is 2.36. The quantitative estimate of drug-likeness (QED) is 0.463. The van der Waals surface area contributed by atoms with E-state index in [4.69, 9.17) is 0 Å². The van der Waals surface area contributed by atoms with Crippen LogP contribution in [0.3, 0.4) is 0 Å². The van der Waals surface area contributed by atoms with E-state index in [1.165, 1.54) is 25.9 Å². The zero-order valence-electron chi connectivity index (χ0n) is 5.30. The number of rotatable bonds is 0. The van der Waals surface area contributed by atoms with Crippen LogP contribution in [0.1, 0.15) is 12.8 Å². The normalized spacial score (nSPS) is 22.1. The molecule has 2 heteroatoms. The van der Waals surface area contributed by atoms with Crippen LogP contribution in [-0.2, 0) is 18.6 Å². The van der Waals surface area contributed by atoms with E-state index in [0.717, 1.165) is 0 Å². The van der Waals surface area contributed by atoms with Crippen molar-refractivity contribution in [1.82, 2.24) is 4.90 Å². The van der Waals surface area contributed by atoms with E-state index in [-0.39, 0.29) is 18.6 Å². The molecule has 8 heavy (non-hydrogen) atoms.